The fraction of sp³-hybridized carbons (Fsp3) is 0.480. The third-order valence-electron chi connectivity index (χ3n) is 5.67. The molecule has 8 heteroatoms. The average Bonchev–Trinajstić information content (AvgIpc) is 3.14. The summed E-state index contributed by atoms with van der Waals surface area (Å²) >= 11 is 0.993. The van der Waals surface area contributed by atoms with Gasteiger partial charge in [-0.1, -0.05) is 31.4 Å². The lowest BCUT2D eigenvalue weighted by molar-refractivity contribution is -0.118. The van der Waals surface area contributed by atoms with Crippen LogP contribution < -0.4 is 10.1 Å². The van der Waals surface area contributed by atoms with Crippen molar-refractivity contribution >= 4 is 34.2 Å². The van der Waals surface area contributed by atoms with Gasteiger partial charge in [-0.2, -0.15) is 0 Å². The highest BCUT2D eigenvalue weighted by molar-refractivity contribution is 7.18. The molecule has 1 aromatic carbocycles. The number of ether oxygens (including phenoxy) is 3. The molecule has 1 aromatic heterocycles. The highest BCUT2D eigenvalue weighted by Crippen LogP contribution is 2.35. The van der Waals surface area contributed by atoms with Gasteiger partial charge in [-0.15, -0.1) is 11.3 Å². The van der Waals surface area contributed by atoms with E-state index in [9.17, 15) is 14.4 Å². The Bertz CT molecular complexity index is 976. The summed E-state index contributed by atoms with van der Waals surface area (Å²) in [6.45, 7) is 5.19. The Morgan fingerprint density at radius 1 is 0.970 bits per heavy atom. The van der Waals surface area contributed by atoms with Gasteiger partial charge in [-0.05, 0) is 62.8 Å². The van der Waals surface area contributed by atoms with Crippen LogP contribution in [0.3, 0.4) is 0 Å². The molecule has 0 unspecified atom stereocenters. The summed E-state index contributed by atoms with van der Waals surface area (Å²) in [5.74, 6) is -0.372. The molecule has 1 N–H and O–H groups in total. The van der Waals surface area contributed by atoms with Gasteiger partial charge >= 0.3 is 11.9 Å². The number of benzene rings is 1. The molecule has 2 aromatic rings. The van der Waals surface area contributed by atoms with Gasteiger partial charge in [-0.25, -0.2) is 9.59 Å². The first-order valence-corrected chi connectivity index (χ1v) is 12.3. The number of hydrogen-bond acceptors (Lipinski definition) is 7. The third-order valence-corrected chi connectivity index (χ3v) is 6.85. The van der Waals surface area contributed by atoms with E-state index in [-0.39, 0.29) is 35.3 Å². The molecule has 1 aliphatic carbocycles. The van der Waals surface area contributed by atoms with Crippen LogP contribution in [-0.2, 0) is 14.3 Å². The second-order valence-corrected chi connectivity index (χ2v) is 8.96. The number of anilines is 1. The van der Waals surface area contributed by atoms with E-state index in [1.165, 1.54) is 37.7 Å². The van der Waals surface area contributed by atoms with Gasteiger partial charge in [0.05, 0.1) is 18.8 Å². The fourth-order valence-electron chi connectivity index (χ4n) is 4.03. The second kappa shape index (κ2) is 11.8. The molecule has 33 heavy (non-hydrogen) atoms. The molecular weight excluding hydrogens is 442 g/mol. The van der Waals surface area contributed by atoms with E-state index in [1.807, 2.05) is 12.1 Å². The summed E-state index contributed by atoms with van der Waals surface area (Å²) in [5, 5.41) is 2.93. The van der Waals surface area contributed by atoms with Crippen LogP contribution in [0.1, 0.15) is 83.0 Å². The zero-order valence-corrected chi connectivity index (χ0v) is 20.2. The summed E-state index contributed by atoms with van der Waals surface area (Å²) < 4.78 is 15.8. The van der Waals surface area contributed by atoms with Crippen LogP contribution in [0.4, 0.5) is 5.00 Å². The van der Waals surface area contributed by atoms with Crippen molar-refractivity contribution in [3.8, 4) is 5.75 Å². The maximum atomic E-state index is 12.6. The van der Waals surface area contributed by atoms with Gasteiger partial charge in [0, 0.05) is 0 Å². The second-order valence-electron chi connectivity index (χ2n) is 7.94. The zero-order chi connectivity index (χ0) is 23.8. The van der Waals surface area contributed by atoms with Gasteiger partial charge in [-0.3, -0.25) is 4.79 Å². The Balaban J connectivity index is 1.65. The van der Waals surface area contributed by atoms with E-state index in [2.05, 4.69) is 17.4 Å². The maximum Gasteiger partial charge on any atom is 0.348 e. The molecule has 0 radical (unpaired) electrons. The molecule has 1 aliphatic rings. The van der Waals surface area contributed by atoms with E-state index in [0.717, 1.165) is 11.3 Å². The lowest BCUT2D eigenvalue weighted by atomic mass is 9.84. The molecule has 1 amide bonds. The van der Waals surface area contributed by atoms with E-state index in [4.69, 9.17) is 14.2 Å². The molecule has 1 fully saturated rings. The molecule has 0 spiro atoms. The third kappa shape index (κ3) is 6.35. The van der Waals surface area contributed by atoms with Crippen LogP contribution in [0, 0.1) is 6.92 Å². The number of esters is 2. The normalized spacial score (nSPS) is 13.9. The van der Waals surface area contributed by atoms with E-state index in [1.54, 1.807) is 20.8 Å². The Morgan fingerprint density at radius 2 is 1.61 bits per heavy atom. The van der Waals surface area contributed by atoms with Crippen LogP contribution >= 0.6 is 11.3 Å². The summed E-state index contributed by atoms with van der Waals surface area (Å²) in [6.07, 6.45) is 6.31. The van der Waals surface area contributed by atoms with Crippen molar-refractivity contribution < 1.29 is 28.6 Å². The molecule has 0 saturated heterocycles. The molecule has 7 nitrogen and oxygen atoms in total. The minimum Gasteiger partial charge on any atom is -0.484 e. The van der Waals surface area contributed by atoms with Crippen LogP contribution in [-0.4, -0.2) is 37.7 Å². The molecule has 178 valence electrons. The zero-order valence-electron chi connectivity index (χ0n) is 19.4. The molecule has 0 aliphatic heterocycles. The lowest BCUT2D eigenvalue weighted by Crippen LogP contribution is -2.21. The number of carbonyl (C=O) groups excluding carboxylic acids is 3. The number of rotatable bonds is 9. The largest absolute Gasteiger partial charge is 0.484 e. The number of nitrogens with one attached hydrogen (secondary N) is 1. The van der Waals surface area contributed by atoms with Gasteiger partial charge < -0.3 is 19.5 Å². The van der Waals surface area contributed by atoms with Crippen LogP contribution in [0.25, 0.3) is 0 Å². The van der Waals surface area contributed by atoms with Crippen molar-refractivity contribution in [3.63, 3.8) is 0 Å². The highest BCUT2D eigenvalue weighted by Gasteiger charge is 2.27. The monoisotopic (exact) mass is 473 g/mol. The Morgan fingerprint density at radius 3 is 2.24 bits per heavy atom. The summed E-state index contributed by atoms with van der Waals surface area (Å²) in [5.41, 5.74) is 1.90. The van der Waals surface area contributed by atoms with Crippen molar-refractivity contribution in [2.75, 3.05) is 25.1 Å². The van der Waals surface area contributed by atoms with Gasteiger partial charge in [0.15, 0.2) is 6.61 Å². The van der Waals surface area contributed by atoms with Crippen molar-refractivity contribution in [2.24, 2.45) is 0 Å². The molecule has 1 heterocycles. The Kier molecular flexibility index (Phi) is 8.88. The van der Waals surface area contributed by atoms with E-state index in [0.29, 0.717) is 17.2 Å². The maximum absolute atomic E-state index is 12.6. The van der Waals surface area contributed by atoms with E-state index < -0.39 is 17.8 Å². The van der Waals surface area contributed by atoms with Gasteiger partial charge in [0.25, 0.3) is 5.91 Å². The number of hydrogen-bond donors (Lipinski definition) is 1. The van der Waals surface area contributed by atoms with Crippen molar-refractivity contribution in [2.45, 2.75) is 58.8 Å². The van der Waals surface area contributed by atoms with Crippen LogP contribution in [0.5, 0.6) is 5.75 Å². The van der Waals surface area contributed by atoms with Crippen molar-refractivity contribution in [3.05, 3.63) is 45.8 Å². The smallest absolute Gasteiger partial charge is 0.348 e. The summed E-state index contributed by atoms with van der Waals surface area (Å²) in [7, 11) is 0. The lowest BCUT2D eigenvalue weighted by Gasteiger charge is -2.22. The van der Waals surface area contributed by atoms with Crippen LogP contribution in [0.2, 0.25) is 0 Å². The van der Waals surface area contributed by atoms with E-state index >= 15 is 0 Å². The first-order valence-electron chi connectivity index (χ1n) is 11.4. The highest BCUT2D eigenvalue weighted by atomic mass is 32.1. The van der Waals surface area contributed by atoms with Gasteiger partial charge in [0.1, 0.15) is 15.6 Å². The number of carbonyl (C=O) groups is 3. The fourth-order valence-corrected chi connectivity index (χ4v) is 5.13. The molecule has 3 rings (SSSR count). The van der Waals surface area contributed by atoms with Crippen molar-refractivity contribution in [1.29, 1.82) is 0 Å². The number of amides is 1. The van der Waals surface area contributed by atoms with Gasteiger partial charge in [0.2, 0.25) is 0 Å². The van der Waals surface area contributed by atoms with Crippen molar-refractivity contribution in [1.82, 2.24) is 0 Å². The average molecular weight is 474 g/mol. The predicted octanol–water partition coefficient (Wildman–Crippen LogP) is 5.48. The molecule has 0 atom stereocenters. The minimum atomic E-state index is -0.601. The standard InChI is InChI=1S/C25H31NO6S/c1-4-30-24(28)21-16(3)22(25(29)31-5-2)33-23(21)26-20(27)15-32-19-13-11-18(12-14-19)17-9-7-6-8-10-17/h11-14,17H,4-10,15H2,1-3H3,(H,26,27). The summed E-state index contributed by atoms with van der Waals surface area (Å²) in [6, 6.07) is 7.90. The first-order chi connectivity index (χ1) is 15.9. The Hall–Kier alpha value is -2.87. The number of thiophene rings is 1. The molecule has 0 bridgehead atoms. The predicted molar refractivity (Wildman–Crippen MR) is 127 cm³/mol. The topological polar surface area (TPSA) is 90.9 Å². The first kappa shape index (κ1) is 24.8. The quantitative estimate of drug-likeness (QED) is 0.485. The SMILES string of the molecule is CCOC(=O)c1sc(NC(=O)COc2ccc(C3CCCCC3)cc2)c(C(=O)OCC)c1C. The molecular formula is C25H31NO6S. The van der Waals surface area contributed by atoms with Crippen LogP contribution in [0.15, 0.2) is 24.3 Å². The summed E-state index contributed by atoms with van der Waals surface area (Å²) in [4.78, 5) is 37.5. The molecule has 1 saturated carbocycles. The minimum absolute atomic E-state index is 0.162. The Labute approximate surface area is 198 Å².